The highest BCUT2D eigenvalue weighted by Gasteiger charge is 2.06. The molecule has 3 amide bonds. The lowest BCUT2D eigenvalue weighted by atomic mass is 10.2. The molecule has 0 saturated heterocycles. The number of ether oxygens (including phenoxy) is 1. The maximum Gasteiger partial charge on any atom is 0.323 e. The van der Waals surface area contributed by atoms with Gasteiger partial charge in [-0.2, -0.15) is 0 Å². The van der Waals surface area contributed by atoms with Crippen LogP contribution >= 0.6 is 0 Å². The number of nitrogens with zero attached hydrogens (tertiary/aromatic N) is 1. The third-order valence-electron chi connectivity index (χ3n) is 3.28. The smallest absolute Gasteiger partial charge is 0.323 e. The number of carbonyl (C=O) groups is 2. The molecule has 126 valence electrons. The van der Waals surface area contributed by atoms with E-state index in [1.54, 1.807) is 38.4 Å². The van der Waals surface area contributed by atoms with E-state index >= 15 is 0 Å². The zero-order valence-electron chi connectivity index (χ0n) is 14.0. The van der Waals surface area contributed by atoms with Crippen LogP contribution in [0.4, 0.5) is 16.2 Å². The lowest BCUT2D eigenvalue weighted by Gasteiger charge is -2.12. The van der Waals surface area contributed by atoms with E-state index < -0.39 is 0 Å². The molecule has 0 fully saturated rings. The molecule has 2 rings (SSSR count). The lowest BCUT2D eigenvalue weighted by molar-refractivity contribution is -0.130. The maximum atomic E-state index is 11.9. The SMILES string of the molecule is Cc1ccc(NC(=O)Nc2ccc(OCC(=O)N(C)C)cc2)cc1. The molecule has 0 bridgehead atoms. The Labute approximate surface area is 141 Å². The van der Waals surface area contributed by atoms with E-state index in [1.807, 2.05) is 31.2 Å². The zero-order valence-corrected chi connectivity index (χ0v) is 14.0. The summed E-state index contributed by atoms with van der Waals surface area (Å²) < 4.78 is 5.38. The number of amides is 3. The first kappa shape index (κ1) is 17.3. The van der Waals surface area contributed by atoms with Crippen molar-refractivity contribution in [2.75, 3.05) is 31.3 Å². The Bertz CT molecular complexity index is 694. The van der Waals surface area contributed by atoms with Gasteiger partial charge in [-0.1, -0.05) is 17.7 Å². The molecule has 6 nitrogen and oxygen atoms in total. The Morgan fingerprint density at radius 3 is 1.92 bits per heavy atom. The maximum absolute atomic E-state index is 11.9. The molecule has 0 atom stereocenters. The van der Waals surface area contributed by atoms with E-state index in [-0.39, 0.29) is 18.5 Å². The summed E-state index contributed by atoms with van der Waals surface area (Å²) in [6.07, 6.45) is 0. The van der Waals surface area contributed by atoms with Gasteiger partial charge in [-0.3, -0.25) is 4.79 Å². The summed E-state index contributed by atoms with van der Waals surface area (Å²) in [6.45, 7) is 1.97. The summed E-state index contributed by atoms with van der Waals surface area (Å²) in [5, 5.41) is 5.49. The molecule has 0 aliphatic carbocycles. The summed E-state index contributed by atoms with van der Waals surface area (Å²) in [7, 11) is 3.34. The van der Waals surface area contributed by atoms with Crippen LogP contribution in [0.25, 0.3) is 0 Å². The molecule has 6 heteroatoms. The van der Waals surface area contributed by atoms with Crippen molar-refractivity contribution < 1.29 is 14.3 Å². The van der Waals surface area contributed by atoms with Crippen LogP contribution in [0.2, 0.25) is 0 Å². The normalized spacial score (nSPS) is 9.96. The van der Waals surface area contributed by atoms with E-state index in [0.717, 1.165) is 11.3 Å². The number of hydrogen-bond acceptors (Lipinski definition) is 3. The minimum absolute atomic E-state index is 0.0202. The number of hydrogen-bond donors (Lipinski definition) is 2. The molecule has 0 radical (unpaired) electrons. The number of likely N-dealkylation sites (N-methyl/N-ethyl adjacent to an activating group) is 1. The number of aryl methyl sites for hydroxylation is 1. The second kappa shape index (κ2) is 8.01. The summed E-state index contributed by atoms with van der Waals surface area (Å²) in [5.74, 6) is 0.448. The number of carbonyl (C=O) groups excluding carboxylic acids is 2. The highest BCUT2D eigenvalue weighted by atomic mass is 16.5. The molecule has 0 aliphatic rings. The van der Waals surface area contributed by atoms with E-state index in [4.69, 9.17) is 4.74 Å². The standard InChI is InChI=1S/C18H21N3O3/c1-13-4-6-14(7-5-13)19-18(23)20-15-8-10-16(11-9-15)24-12-17(22)21(2)3/h4-11H,12H2,1-3H3,(H2,19,20,23). The third kappa shape index (κ3) is 5.31. The second-order valence-corrected chi connectivity index (χ2v) is 5.55. The van der Waals surface area contributed by atoms with Gasteiger partial charge in [-0.25, -0.2) is 4.79 Å². The van der Waals surface area contributed by atoms with Crippen LogP contribution in [0.15, 0.2) is 48.5 Å². The minimum Gasteiger partial charge on any atom is -0.484 e. The van der Waals surface area contributed by atoms with E-state index in [9.17, 15) is 9.59 Å². The first-order valence-electron chi connectivity index (χ1n) is 7.52. The monoisotopic (exact) mass is 327 g/mol. The van der Waals surface area contributed by atoms with Gasteiger partial charge in [0, 0.05) is 25.5 Å². The van der Waals surface area contributed by atoms with Crippen molar-refractivity contribution in [3.05, 3.63) is 54.1 Å². The molecule has 2 aromatic carbocycles. The number of anilines is 2. The van der Waals surface area contributed by atoms with Crippen LogP contribution in [0, 0.1) is 6.92 Å². The number of nitrogens with one attached hydrogen (secondary N) is 2. The van der Waals surface area contributed by atoms with Crippen molar-refractivity contribution in [1.82, 2.24) is 4.90 Å². The zero-order chi connectivity index (χ0) is 17.5. The van der Waals surface area contributed by atoms with E-state index in [1.165, 1.54) is 4.90 Å². The Balaban J connectivity index is 1.85. The molecule has 0 saturated carbocycles. The molecule has 0 aliphatic heterocycles. The first-order chi connectivity index (χ1) is 11.4. The van der Waals surface area contributed by atoms with Crippen molar-refractivity contribution in [2.45, 2.75) is 6.92 Å². The van der Waals surface area contributed by atoms with Crippen molar-refractivity contribution >= 4 is 23.3 Å². The van der Waals surface area contributed by atoms with Gasteiger partial charge in [0.25, 0.3) is 5.91 Å². The fraction of sp³-hybridized carbons (Fsp3) is 0.222. The van der Waals surface area contributed by atoms with Gasteiger partial charge in [-0.15, -0.1) is 0 Å². The third-order valence-corrected chi connectivity index (χ3v) is 3.28. The molecule has 2 aromatic rings. The van der Waals surface area contributed by atoms with Gasteiger partial charge in [0.1, 0.15) is 5.75 Å². The van der Waals surface area contributed by atoms with Crippen molar-refractivity contribution in [1.29, 1.82) is 0 Å². The van der Waals surface area contributed by atoms with Crippen LogP contribution in [0.1, 0.15) is 5.56 Å². The minimum atomic E-state index is -0.324. The molecular formula is C18H21N3O3. The first-order valence-corrected chi connectivity index (χ1v) is 7.52. The summed E-state index contributed by atoms with van der Waals surface area (Å²) in [6, 6.07) is 14.0. The average molecular weight is 327 g/mol. The summed E-state index contributed by atoms with van der Waals surface area (Å²) in [5.41, 5.74) is 2.48. The van der Waals surface area contributed by atoms with Crippen molar-refractivity contribution in [3.8, 4) is 5.75 Å². The Morgan fingerprint density at radius 1 is 0.917 bits per heavy atom. The van der Waals surface area contributed by atoms with Gasteiger partial charge in [0.05, 0.1) is 0 Å². The molecule has 2 N–H and O–H groups in total. The predicted octanol–water partition coefficient (Wildman–Crippen LogP) is 3.11. The van der Waals surface area contributed by atoms with Gasteiger partial charge in [-0.05, 0) is 43.3 Å². The van der Waals surface area contributed by atoms with Crippen LogP contribution in [-0.4, -0.2) is 37.5 Å². The topological polar surface area (TPSA) is 70.7 Å². The summed E-state index contributed by atoms with van der Waals surface area (Å²) >= 11 is 0. The molecule has 0 heterocycles. The van der Waals surface area contributed by atoms with Crippen LogP contribution in [0.3, 0.4) is 0 Å². The van der Waals surface area contributed by atoms with Crippen molar-refractivity contribution in [3.63, 3.8) is 0 Å². The molecule has 0 unspecified atom stereocenters. The predicted molar refractivity (Wildman–Crippen MR) is 94.5 cm³/mol. The Morgan fingerprint density at radius 2 is 1.42 bits per heavy atom. The average Bonchev–Trinajstić information content (AvgIpc) is 2.56. The van der Waals surface area contributed by atoms with Gasteiger partial charge in [0.15, 0.2) is 6.61 Å². The Kier molecular flexibility index (Phi) is 5.78. The van der Waals surface area contributed by atoms with Crippen LogP contribution in [-0.2, 0) is 4.79 Å². The van der Waals surface area contributed by atoms with E-state index in [0.29, 0.717) is 11.4 Å². The molecule has 24 heavy (non-hydrogen) atoms. The fourth-order valence-electron chi connectivity index (χ4n) is 1.84. The lowest BCUT2D eigenvalue weighted by Crippen LogP contribution is -2.27. The molecule has 0 aromatic heterocycles. The summed E-state index contributed by atoms with van der Waals surface area (Å²) in [4.78, 5) is 24.9. The van der Waals surface area contributed by atoms with Crippen molar-refractivity contribution in [2.24, 2.45) is 0 Å². The van der Waals surface area contributed by atoms with Gasteiger partial charge in [0.2, 0.25) is 0 Å². The second-order valence-electron chi connectivity index (χ2n) is 5.55. The molecule has 0 spiro atoms. The number of urea groups is 1. The van der Waals surface area contributed by atoms with E-state index in [2.05, 4.69) is 10.6 Å². The fourth-order valence-corrected chi connectivity index (χ4v) is 1.84. The van der Waals surface area contributed by atoms with Gasteiger partial charge >= 0.3 is 6.03 Å². The number of benzene rings is 2. The number of rotatable bonds is 5. The largest absolute Gasteiger partial charge is 0.484 e. The molecular weight excluding hydrogens is 306 g/mol. The van der Waals surface area contributed by atoms with Gasteiger partial charge < -0.3 is 20.3 Å². The Hall–Kier alpha value is -3.02. The van der Waals surface area contributed by atoms with Crippen LogP contribution in [0.5, 0.6) is 5.75 Å². The highest BCUT2D eigenvalue weighted by molar-refractivity contribution is 5.99. The quantitative estimate of drug-likeness (QED) is 0.886. The highest BCUT2D eigenvalue weighted by Crippen LogP contribution is 2.16. The van der Waals surface area contributed by atoms with Crippen LogP contribution < -0.4 is 15.4 Å².